The SMILES string of the molecule is CCCn1ccc(=O)n(Cc2ccc(C(=O)NN)s2)c1=O. The third-order valence-electron chi connectivity index (χ3n) is 2.93. The summed E-state index contributed by atoms with van der Waals surface area (Å²) in [5.74, 6) is 4.67. The molecule has 0 atom stereocenters. The van der Waals surface area contributed by atoms with Gasteiger partial charge in [0, 0.05) is 23.7 Å². The molecule has 0 saturated carbocycles. The molecule has 0 aliphatic rings. The van der Waals surface area contributed by atoms with Crippen molar-refractivity contribution in [3.63, 3.8) is 0 Å². The number of hydrazine groups is 1. The van der Waals surface area contributed by atoms with Crippen molar-refractivity contribution in [3.05, 3.63) is 55.0 Å². The highest BCUT2D eigenvalue weighted by atomic mass is 32.1. The van der Waals surface area contributed by atoms with Crippen LogP contribution in [0, 0.1) is 0 Å². The standard InChI is InChI=1S/C13H16N4O3S/c1-2-6-16-7-5-11(18)17(13(16)20)8-9-3-4-10(21-9)12(19)15-14/h3-5,7H,2,6,8,14H2,1H3,(H,15,19). The number of carbonyl (C=O) groups is 1. The Kier molecular flexibility index (Phi) is 4.71. The topological polar surface area (TPSA) is 99.1 Å². The van der Waals surface area contributed by atoms with E-state index in [1.807, 2.05) is 12.3 Å². The van der Waals surface area contributed by atoms with Crippen LogP contribution in [0.1, 0.15) is 27.9 Å². The van der Waals surface area contributed by atoms with Gasteiger partial charge in [0.05, 0.1) is 11.4 Å². The maximum atomic E-state index is 12.2. The lowest BCUT2D eigenvalue weighted by Crippen LogP contribution is -2.39. The molecule has 0 bridgehead atoms. The first kappa shape index (κ1) is 15.2. The molecule has 2 heterocycles. The van der Waals surface area contributed by atoms with Crippen LogP contribution in [0.2, 0.25) is 0 Å². The fraction of sp³-hybridized carbons (Fsp3) is 0.308. The summed E-state index contributed by atoms with van der Waals surface area (Å²) in [5, 5.41) is 0. The van der Waals surface area contributed by atoms with Gasteiger partial charge in [-0.05, 0) is 18.6 Å². The average molecular weight is 308 g/mol. The number of aromatic nitrogens is 2. The first-order valence-electron chi connectivity index (χ1n) is 6.46. The average Bonchev–Trinajstić information content (AvgIpc) is 2.94. The van der Waals surface area contributed by atoms with Crippen LogP contribution in [0.4, 0.5) is 0 Å². The van der Waals surface area contributed by atoms with Gasteiger partial charge in [0.1, 0.15) is 0 Å². The van der Waals surface area contributed by atoms with Crippen LogP contribution in [-0.4, -0.2) is 15.0 Å². The third-order valence-corrected chi connectivity index (χ3v) is 4.00. The van der Waals surface area contributed by atoms with E-state index >= 15 is 0 Å². The Morgan fingerprint density at radius 2 is 2.10 bits per heavy atom. The number of carbonyl (C=O) groups excluding carboxylic acids is 1. The van der Waals surface area contributed by atoms with Crippen molar-refractivity contribution in [3.8, 4) is 0 Å². The van der Waals surface area contributed by atoms with Gasteiger partial charge in [-0.3, -0.25) is 19.6 Å². The van der Waals surface area contributed by atoms with Gasteiger partial charge in [0.2, 0.25) is 0 Å². The van der Waals surface area contributed by atoms with Gasteiger partial charge in [-0.25, -0.2) is 10.6 Å². The van der Waals surface area contributed by atoms with E-state index in [1.54, 1.807) is 12.1 Å². The fourth-order valence-corrected chi connectivity index (χ4v) is 2.83. The molecular formula is C13H16N4O3S. The van der Waals surface area contributed by atoms with E-state index < -0.39 is 5.91 Å². The highest BCUT2D eigenvalue weighted by molar-refractivity contribution is 7.14. The lowest BCUT2D eigenvalue weighted by molar-refractivity contribution is 0.0957. The zero-order valence-electron chi connectivity index (χ0n) is 11.5. The molecule has 2 aromatic heterocycles. The first-order chi connectivity index (χ1) is 10.1. The summed E-state index contributed by atoms with van der Waals surface area (Å²) >= 11 is 1.20. The molecule has 3 N–H and O–H groups in total. The van der Waals surface area contributed by atoms with Crippen molar-refractivity contribution in [2.75, 3.05) is 0 Å². The van der Waals surface area contributed by atoms with E-state index in [-0.39, 0.29) is 17.8 Å². The van der Waals surface area contributed by atoms with E-state index in [2.05, 4.69) is 0 Å². The summed E-state index contributed by atoms with van der Waals surface area (Å²) in [6, 6.07) is 4.69. The van der Waals surface area contributed by atoms with Crippen LogP contribution in [0.25, 0.3) is 0 Å². The monoisotopic (exact) mass is 308 g/mol. The van der Waals surface area contributed by atoms with Gasteiger partial charge in [-0.2, -0.15) is 0 Å². The smallest absolute Gasteiger partial charge is 0.300 e. The van der Waals surface area contributed by atoms with Gasteiger partial charge >= 0.3 is 5.69 Å². The molecule has 0 radical (unpaired) electrons. The van der Waals surface area contributed by atoms with E-state index in [4.69, 9.17) is 5.84 Å². The molecule has 0 unspecified atom stereocenters. The number of aryl methyl sites for hydroxylation is 1. The van der Waals surface area contributed by atoms with Gasteiger partial charge in [-0.15, -0.1) is 11.3 Å². The van der Waals surface area contributed by atoms with Gasteiger partial charge < -0.3 is 4.57 Å². The van der Waals surface area contributed by atoms with Crippen LogP contribution in [0.5, 0.6) is 0 Å². The molecule has 0 fully saturated rings. The number of nitrogens with two attached hydrogens (primary N) is 1. The van der Waals surface area contributed by atoms with Crippen LogP contribution in [-0.2, 0) is 13.1 Å². The molecule has 2 rings (SSSR count). The summed E-state index contributed by atoms with van der Waals surface area (Å²) in [6.07, 6.45) is 2.31. The van der Waals surface area contributed by atoms with Gasteiger partial charge in [-0.1, -0.05) is 6.92 Å². The van der Waals surface area contributed by atoms with Gasteiger partial charge in [0.15, 0.2) is 0 Å². The Morgan fingerprint density at radius 1 is 1.33 bits per heavy atom. The predicted molar refractivity (Wildman–Crippen MR) is 80.3 cm³/mol. The quantitative estimate of drug-likeness (QED) is 0.466. The van der Waals surface area contributed by atoms with Crippen molar-refractivity contribution in [2.45, 2.75) is 26.4 Å². The van der Waals surface area contributed by atoms with Crippen LogP contribution >= 0.6 is 11.3 Å². The fourth-order valence-electron chi connectivity index (χ4n) is 1.93. The van der Waals surface area contributed by atoms with Crippen molar-refractivity contribution in [1.29, 1.82) is 0 Å². The highest BCUT2D eigenvalue weighted by Crippen LogP contribution is 2.16. The highest BCUT2D eigenvalue weighted by Gasteiger charge is 2.10. The Morgan fingerprint density at radius 3 is 2.76 bits per heavy atom. The molecule has 112 valence electrons. The summed E-state index contributed by atoms with van der Waals surface area (Å²) < 4.78 is 2.66. The molecule has 0 saturated heterocycles. The van der Waals surface area contributed by atoms with Crippen molar-refractivity contribution >= 4 is 17.2 Å². The molecule has 0 aliphatic carbocycles. The number of thiophene rings is 1. The van der Waals surface area contributed by atoms with Crippen molar-refractivity contribution in [1.82, 2.24) is 14.6 Å². The molecule has 21 heavy (non-hydrogen) atoms. The molecule has 1 amide bonds. The molecule has 0 aliphatic heterocycles. The molecular weight excluding hydrogens is 292 g/mol. The largest absolute Gasteiger partial charge is 0.331 e. The van der Waals surface area contributed by atoms with Crippen molar-refractivity contribution in [2.24, 2.45) is 5.84 Å². The predicted octanol–water partition coefficient (Wildman–Crippen LogP) is 0.133. The van der Waals surface area contributed by atoms with E-state index in [1.165, 1.54) is 28.2 Å². The number of nitrogens with zero attached hydrogens (tertiary/aromatic N) is 2. The number of hydrogen-bond donors (Lipinski definition) is 2. The van der Waals surface area contributed by atoms with Gasteiger partial charge in [0.25, 0.3) is 11.5 Å². The minimum absolute atomic E-state index is 0.144. The van der Waals surface area contributed by atoms with Crippen LogP contribution in [0.3, 0.4) is 0 Å². The van der Waals surface area contributed by atoms with E-state index in [0.717, 1.165) is 15.9 Å². The van der Waals surface area contributed by atoms with E-state index in [9.17, 15) is 14.4 Å². The molecule has 0 aromatic carbocycles. The van der Waals surface area contributed by atoms with E-state index in [0.29, 0.717) is 11.4 Å². The Balaban J connectivity index is 2.33. The minimum atomic E-state index is -0.393. The lowest BCUT2D eigenvalue weighted by atomic mass is 10.4. The maximum Gasteiger partial charge on any atom is 0.331 e. The second kappa shape index (κ2) is 6.51. The second-order valence-corrected chi connectivity index (χ2v) is 5.62. The number of nitrogens with one attached hydrogen (secondary N) is 1. The number of amides is 1. The Labute approximate surface area is 124 Å². The summed E-state index contributed by atoms with van der Waals surface area (Å²) in [4.78, 5) is 36.6. The van der Waals surface area contributed by atoms with Crippen LogP contribution < -0.4 is 22.5 Å². The molecule has 2 aromatic rings. The second-order valence-electron chi connectivity index (χ2n) is 4.46. The lowest BCUT2D eigenvalue weighted by Gasteiger charge is -2.07. The molecule has 7 nitrogen and oxygen atoms in total. The number of rotatable bonds is 5. The number of hydrogen-bond acceptors (Lipinski definition) is 5. The zero-order valence-corrected chi connectivity index (χ0v) is 12.4. The minimum Gasteiger partial charge on any atom is -0.300 e. The maximum absolute atomic E-state index is 12.2. The summed E-state index contributed by atoms with van der Waals surface area (Å²) in [6.45, 7) is 2.66. The summed E-state index contributed by atoms with van der Waals surface area (Å²) in [7, 11) is 0. The first-order valence-corrected chi connectivity index (χ1v) is 7.28. The normalized spacial score (nSPS) is 10.6. The van der Waals surface area contributed by atoms with Crippen molar-refractivity contribution < 1.29 is 4.79 Å². The third kappa shape index (κ3) is 3.29. The summed E-state index contributed by atoms with van der Waals surface area (Å²) in [5.41, 5.74) is 1.34. The zero-order chi connectivity index (χ0) is 15.4. The van der Waals surface area contributed by atoms with Crippen LogP contribution in [0.15, 0.2) is 34.0 Å². The molecule has 8 heteroatoms. The number of nitrogen functional groups attached to an aromatic ring is 1. The molecule has 0 spiro atoms. The Hall–Kier alpha value is -2.19. The Bertz CT molecular complexity index is 759.